The van der Waals surface area contributed by atoms with Crippen LogP contribution in [0, 0.1) is 0 Å². The number of benzene rings is 2. The third-order valence-corrected chi connectivity index (χ3v) is 4.96. The lowest BCUT2D eigenvalue weighted by Gasteiger charge is -2.33. The molecule has 28 heavy (non-hydrogen) atoms. The van der Waals surface area contributed by atoms with Crippen LogP contribution in [0.1, 0.15) is 25.3 Å². The molecule has 1 heterocycles. The van der Waals surface area contributed by atoms with Crippen LogP contribution in [0.3, 0.4) is 0 Å². The molecule has 0 aliphatic carbocycles. The number of nitrogens with one attached hydrogen (secondary N) is 3. The summed E-state index contributed by atoms with van der Waals surface area (Å²) in [5, 5.41) is 8.47. The van der Waals surface area contributed by atoms with E-state index in [-0.39, 0.29) is 18.0 Å². The standard InChI is InChI=1S/C22H28N4O2/c1-17(23-22(28)25-19-10-6-3-7-11-19)21(27)24-20-12-14-26(15-13-20)16-18-8-4-2-5-9-18/h2-11,17,20H,12-16H2,1H3,(H,24,27)(H2,23,25,28). The number of anilines is 1. The van der Waals surface area contributed by atoms with Gasteiger partial charge in [-0.15, -0.1) is 0 Å². The molecule has 1 aliphatic rings. The van der Waals surface area contributed by atoms with Crippen molar-refractivity contribution in [3.05, 3.63) is 66.2 Å². The number of urea groups is 1. The van der Waals surface area contributed by atoms with E-state index < -0.39 is 6.04 Å². The van der Waals surface area contributed by atoms with E-state index in [0.29, 0.717) is 5.69 Å². The maximum atomic E-state index is 12.4. The minimum absolute atomic E-state index is 0.148. The predicted octanol–water partition coefficient (Wildman–Crippen LogP) is 2.98. The van der Waals surface area contributed by atoms with Crippen molar-refractivity contribution < 1.29 is 9.59 Å². The fourth-order valence-electron chi connectivity index (χ4n) is 3.35. The molecule has 1 aliphatic heterocycles. The lowest BCUT2D eigenvalue weighted by molar-refractivity contribution is -0.123. The maximum Gasteiger partial charge on any atom is 0.319 e. The van der Waals surface area contributed by atoms with E-state index in [1.165, 1.54) is 5.56 Å². The van der Waals surface area contributed by atoms with Gasteiger partial charge < -0.3 is 16.0 Å². The van der Waals surface area contributed by atoms with Gasteiger partial charge in [-0.3, -0.25) is 9.69 Å². The van der Waals surface area contributed by atoms with E-state index in [9.17, 15) is 9.59 Å². The van der Waals surface area contributed by atoms with Gasteiger partial charge in [0, 0.05) is 31.4 Å². The zero-order valence-corrected chi connectivity index (χ0v) is 16.2. The van der Waals surface area contributed by atoms with E-state index >= 15 is 0 Å². The molecule has 1 fully saturated rings. The molecule has 0 saturated carbocycles. The quantitative estimate of drug-likeness (QED) is 0.721. The zero-order valence-electron chi connectivity index (χ0n) is 16.2. The van der Waals surface area contributed by atoms with Crippen molar-refractivity contribution in [1.29, 1.82) is 0 Å². The van der Waals surface area contributed by atoms with Gasteiger partial charge in [0.05, 0.1) is 0 Å². The average Bonchev–Trinajstić information content (AvgIpc) is 2.71. The highest BCUT2D eigenvalue weighted by atomic mass is 16.2. The molecule has 0 aromatic heterocycles. The van der Waals surface area contributed by atoms with E-state index in [4.69, 9.17) is 0 Å². The van der Waals surface area contributed by atoms with Gasteiger partial charge in [0.1, 0.15) is 6.04 Å². The minimum atomic E-state index is -0.592. The predicted molar refractivity (Wildman–Crippen MR) is 111 cm³/mol. The molecule has 0 bridgehead atoms. The van der Waals surface area contributed by atoms with Crippen LogP contribution in [0.25, 0.3) is 0 Å². The van der Waals surface area contributed by atoms with E-state index in [1.807, 2.05) is 24.3 Å². The smallest absolute Gasteiger partial charge is 0.319 e. The monoisotopic (exact) mass is 380 g/mol. The van der Waals surface area contributed by atoms with Crippen LogP contribution in [0.5, 0.6) is 0 Å². The summed E-state index contributed by atoms with van der Waals surface area (Å²) in [5.41, 5.74) is 2.01. The van der Waals surface area contributed by atoms with Crippen molar-refractivity contribution >= 4 is 17.6 Å². The number of piperidine rings is 1. The van der Waals surface area contributed by atoms with Crippen LogP contribution >= 0.6 is 0 Å². The Hall–Kier alpha value is -2.86. The summed E-state index contributed by atoms with van der Waals surface area (Å²) in [6.45, 7) is 4.55. The van der Waals surface area contributed by atoms with Gasteiger partial charge >= 0.3 is 6.03 Å². The number of likely N-dealkylation sites (tertiary alicyclic amines) is 1. The second-order valence-corrected chi connectivity index (χ2v) is 7.23. The molecule has 3 amide bonds. The molecule has 148 valence electrons. The van der Waals surface area contributed by atoms with Gasteiger partial charge in [-0.2, -0.15) is 0 Å². The number of para-hydroxylation sites is 1. The van der Waals surface area contributed by atoms with Crippen LogP contribution in [0.2, 0.25) is 0 Å². The number of nitrogens with zero attached hydrogens (tertiary/aromatic N) is 1. The number of amides is 3. The van der Waals surface area contributed by atoms with Gasteiger partial charge in [0.15, 0.2) is 0 Å². The Bertz CT molecular complexity index is 759. The SMILES string of the molecule is CC(NC(=O)Nc1ccccc1)C(=O)NC1CCN(Cc2ccccc2)CC1. The molecule has 0 radical (unpaired) electrons. The first-order valence-electron chi connectivity index (χ1n) is 9.79. The first-order valence-corrected chi connectivity index (χ1v) is 9.79. The number of hydrogen-bond donors (Lipinski definition) is 3. The molecule has 2 aromatic carbocycles. The molecule has 3 N–H and O–H groups in total. The zero-order chi connectivity index (χ0) is 19.8. The van der Waals surface area contributed by atoms with Gasteiger partial charge in [0.2, 0.25) is 5.91 Å². The fourth-order valence-corrected chi connectivity index (χ4v) is 3.35. The molecular weight excluding hydrogens is 352 g/mol. The lowest BCUT2D eigenvalue weighted by atomic mass is 10.0. The molecule has 6 nitrogen and oxygen atoms in total. The summed E-state index contributed by atoms with van der Waals surface area (Å²) in [4.78, 5) is 26.8. The molecule has 3 rings (SSSR count). The highest BCUT2D eigenvalue weighted by molar-refractivity contribution is 5.93. The summed E-state index contributed by atoms with van der Waals surface area (Å²) >= 11 is 0. The fraction of sp³-hybridized carbons (Fsp3) is 0.364. The summed E-state index contributed by atoms with van der Waals surface area (Å²) in [6, 6.07) is 18.8. The minimum Gasteiger partial charge on any atom is -0.351 e. The summed E-state index contributed by atoms with van der Waals surface area (Å²) in [7, 11) is 0. The Labute approximate surface area is 166 Å². The third-order valence-electron chi connectivity index (χ3n) is 4.96. The maximum absolute atomic E-state index is 12.4. The van der Waals surface area contributed by atoms with Crippen LogP contribution in [0.15, 0.2) is 60.7 Å². The van der Waals surface area contributed by atoms with Crippen molar-refractivity contribution in [2.24, 2.45) is 0 Å². The highest BCUT2D eigenvalue weighted by Crippen LogP contribution is 2.14. The topological polar surface area (TPSA) is 73.5 Å². The summed E-state index contributed by atoms with van der Waals surface area (Å²) < 4.78 is 0. The Balaban J connectivity index is 1.38. The van der Waals surface area contributed by atoms with Crippen molar-refractivity contribution in [3.63, 3.8) is 0 Å². The molecule has 2 aromatic rings. The summed E-state index contributed by atoms with van der Waals surface area (Å²) in [5.74, 6) is -0.148. The van der Waals surface area contributed by atoms with Gasteiger partial charge in [-0.05, 0) is 37.5 Å². The van der Waals surface area contributed by atoms with Crippen LogP contribution in [-0.2, 0) is 11.3 Å². The number of rotatable bonds is 6. The molecular formula is C22H28N4O2. The highest BCUT2D eigenvalue weighted by Gasteiger charge is 2.23. The van der Waals surface area contributed by atoms with Crippen molar-refractivity contribution in [1.82, 2.24) is 15.5 Å². The van der Waals surface area contributed by atoms with Crippen LogP contribution in [-0.4, -0.2) is 42.0 Å². The van der Waals surface area contributed by atoms with Crippen molar-refractivity contribution in [2.45, 2.75) is 38.4 Å². The molecule has 0 spiro atoms. The number of carbonyl (C=O) groups excluding carboxylic acids is 2. The number of carbonyl (C=O) groups is 2. The largest absolute Gasteiger partial charge is 0.351 e. The van der Waals surface area contributed by atoms with Gasteiger partial charge in [-0.25, -0.2) is 4.79 Å². The number of hydrogen-bond acceptors (Lipinski definition) is 3. The second kappa shape index (κ2) is 9.90. The first-order chi connectivity index (χ1) is 13.6. The Morgan fingerprint density at radius 2 is 1.61 bits per heavy atom. The molecule has 1 atom stereocenters. The van der Waals surface area contributed by atoms with E-state index in [2.05, 4.69) is 45.1 Å². The molecule has 6 heteroatoms. The normalized spacial score (nSPS) is 16.2. The second-order valence-electron chi connectivity index (χ2n) is 7.23. The van der Waals surface area contributed by atoms with Crippen molar-refractivity contribution in [2.75, 3.05) is 18.4 Å². The third kappa shape index (κ3) is 6.09. The molecule has 1 saturated heterocycles. The van der Waals surface area contributed by atoms with Crippen molar-refractivity contribution in [3.8, 4) is 0 Å². The first kappa shape index (κ1) is 19.9. The van der Waals surface area contributed by atoms with Crippen LogP contribution in [0.4, 0.5) is 10.5 Å². The van der Waals surface area contributed by atoms with Gasteiger partial charge in [-0.1, -0.05) is 48.5 Å². The molecule has 1 unspecified atom stereocenters. The summed E-state index contributed by atoms with van der Waals surface area (Å²) in [6.07, 6.45) is 1.84. The van der Waals surface area contributed by atoms with E-state index in [0.717, 1.165) is 32.5 Å². The lowest BCUT2D eigenvalue weighted by Crippen LogP contribution is -2.51. The Morgan fingerprint density at radius 3 is 2.25 bits per heavy atom. The van der Waals surface area contributed by atoms with Crippen LogP contribution < -0.4 is 16.0 Å². The van der Waals surface area contributed by atoms with Gasteiger partial charge in [0.25, 0.3) is 0 Å². The van der Waals surface area contributed by atoms with E-state index in [1.54, 1.807) is 19.1 Å². The Kier molecular flexibility index (Phi) is 7.03. The average molecular weight is 380 g/mol. The Morgan fingerprint density at radius 1 is 1.00 bits per heavy atom.